The standard InChI is InChI=1S/C24H41BFN3O6S/c1-16(2)11-13-33-23(3,4)21-24(15-34-24)12-10-19(25(21)32-5)35-22(31)29-18-8-6-17(7-9-18)28-20(30)14-27-36-26/h11,17-19,21,27H,6-10,12-15H2,1-5H3,(H,28,30)(H,29,31). The van der Waals surface area contributed by atoms with Crippen LogP contribution < -0.4 is 15.4 Å². The van der Waals surface area contributed by atoms with E-state index in [4.69, 9.17) is 18.9 Å². The maximum atomic E-state index is 12.8. The molecule has 3 unspecified atom stereocenters. The zero-order valence-electron chi connectivity index (χ0n) is 22.1. The van der Waals surface area contributed by atoms with Crippen LogP contribution in [0.2, 0.25) is 5.82 Å². The molecule has 0 aromatic carbocycles. The van der Waals surface area contributed by atoms with E-state index >= 15 is 0 Å². The van der Waals surface area contributed by atoms with Crippen molar-refractivity contribution in [2.75, 3.05) is 26.9 Å². The average molecular weight is 529 g/mol. The van der Waals surface area contributed by atoms with Crippen molar-refractivity contribution in [2.24, 2.45) is 0 Å². The van der Waals surface area contributed by atoms with Gasteiger partial charge in [-0.25, -0.2) is 9.52 Å². The number of rotatable bonds is 11. The van der Waals surface area contributed by atoms with Crippen LogP contribution in [0.4, 0.5) is 8.68 Å². The molecule has 1 spiro atoms. The number of epoxide rings is 1. The third kappa shape index (κ3) is 7.83. The molecular formula is C24H41BFN3O6S. The molecule has 3 atom stereocenters. The molecule has 2 saturated heterocycles. The molecule has 0 radical (unpaired) electrons. The molecule has 0 bridgehead atoms. The molecule has 2 heterocycles. The van der Waals surface area contributed by atoms with Gasteiger partial charge in [-0.3, -0.25) is 4.79 Å². The van der Waals surface area contributed by atoms with Crippen molar-refractivity contribution in [1.29, 1.82) is 0 Å². The molecule has 3 fully saturated rings. The van der Waals surface area contributed by atoms with Crippen LogP contribution in [0.1, 0.15) is 66.2 Å². The molecule has 3 aliphatic rings. The Hall–Kier alpha value is -1.34. The summed E-state index contributed by atoms with van der Waals surface area (Å²) in [6.07, 6.45) is 5.98. The van der Waals surface area contributed by atoms with Gasteiger partial charge >= 0.3 is 13.0 Å². The number of alkyl carbamates (subject to hydrolysis) is 1. The van der Waals surface area contributed by atoms with Gasteiger partial charge in [-0.15, -0.1) is 3.89 Å². The average Bonchev–Trinajstić information content (AvgIpc) is 3.59. The van der Waals surface area contributed by atoms with Gasteiger partial charge in [0.05, 0.1) is 31.0 Å². The van der Waals surface area contributed by atoms with Crippen LogP contribution in [0, 0.1) is 0 Å². The number of hydrogen-bond donors (Lipinski definition) is 3. The Kier molecular flexibility index (Phi) is 10.5. The van der Waals surface area contributed by atoms with Crippen LogP contribution in [0.5, 0.6) is 0 Å². The SMILES string of the molecule is COB1C(OC(=O)NC2CCC(NC(=O)CNSF)CC2)CCC2(CO2)C1C(C)(C)OCC=C(C)C. The fourth-order valence-corrected chi connectivity index (χ4v) is 5.87. The highest BCUT2D eigenvalue weighted by atomic mass is 32.2. The number of nitrogens with one attached hydrogen (secondary N) is 3. The number of ether oxygens (including phenoxy) is 3. The van der Waals surface area contributed by atoms with Gasteiger partial charge in [0, 0.05) is 25.0 Å². The lowest BCUT2D eigenvalue weighted by molar-refractivity contribution is -0.120. The molecule has 3 rings (SSSR count). The van der Waals surface area contributed by atoms with Crippen molar-refractivity contribution in [2.45, 2.75) is 101 Å². The van der Waals surface area contributed by atoms with Crippen LogP contribution in [-0.2, 0) is 23.7 Å². The smallest absolute Gasteiger partial charge is 0.406 e. The van der Waals surface area contributed by atoms with Gasteiger partial charge in [-0.1, -0.05) is 11.6 Å². The molecule has 2 aliphatic heterocycles. The van der Waals surface area contributed by atoms with E-state index in [9.17, 15) is 13.5 Å². The Balaban J connectivity index is 1.52. The predicted molar refractivity (Wildman–Crippen MR) is 138 cm³/mol. The summed E-state index contributed by atoms with van der Waals surface area (Å²) in [4.78, 5) is 24.6. The van der Waals surface area contributed by atoms with Crippen LogP contribution in [0.25, 0.3) is 0 Å². The summed E-state index contributed by atoms with van der Waals surface area (Å²) in [5.74, 6) is -0.324. The summed E-state index contributed by atoms with van der Waals surface area (Å²) in [5.41, 5.74) is 0.354. The zero-order chi connectivity index (χ0) is 26.3. The Morgan fingerprint density at radius 1 is 1.17 bits per heavy atom. The van der Waals surface area contributed by atoms with Crippen LogP contribution in [0.15, 0.2) is 11.6 Å². The van der Waals surface area contributed by atoms with Crippen molar-refractivity contribution in [3.63, 3.8) is 0 Å². The minimum absolute atomic E-state index is 0.0208. The van der Waals surface area contributed by atoms with Crippen LogP contribution in [-0.4, -0.2) is 75.1 Å². The lowest BCUT2D eigenvalue weighted by atomic mass is 9.39. The first kappa shape index (κ1) is 29.2. The highest BCUT2D eigenvalue weighted by molar-refractivity contribution is 7.92. The Labute approximate surface area is 218 Å². The van der Waals surface area contributed by atoms with E-state index in [0.29, 0.717) is 19.6 Å². The van der Waals surface area contributed by atoms with Gasteiger partial charge in [0.15, 0.2) is 0 Å². The monoisotopic (exact) mass is 529 g/mol. The molecule has 36 heavy (non-hydrogen) atoms. The van der Waals surface area contributed by atoms with Gasteiger partial charge in [-0.05, 0) is 66.2 Å². The highest BCUT2D eigenvalue weighted by Gasteiger charge is 2.66. The Morgan fingerprint density at radius 3 is 2.36 bits per heavy atom. The van der Waals surface area contributed by atoms with E-state index in [0.717, 1.165) is 32.1 Å². The lowest BCUT2D eigenvalue weighted by Gasteiger charge is -2.45. The first-order chi connectivity index (χ1) is 17.1. The predicted octanol–water partition coefficient (Wildman–Crippen LogP) is 3.50. The maximum absolute atomic E-state index is 12.8. The van der Waals surface area contributed by atoms with E-state index in [2.05, 4.69) is 35.3 Å². The summed E-state index contributed by atoms with van der Waals surface area (Å²) >= 11 is -0.0734. The Bertz CT molecular complexity index is 788. The van der Waals surface area contributed by atoms with Crippen molar-refractivity contribution in [1.82, 2.24) is 15.4 Å². The van der Waals surface area contributed by atoms with Crippen molar-refractivity contribution in [3.8, 4) is 0 Å². The lowest BCUT2D eigenvalue weighted by Crippen LogP contribution is -2.58. The molecular weight excluding hydrogens is 488 g/mol. The van der Waals surface area contributed by atoms with E-state index in [1.54, 1.807) is 7.11 Å². The molecule has 1 saturated carbocycles. The normalized spacial score (nSPS) is 30.0. The van der Waals surface area contributed by atoms with E-state index in [1.807, 2.05) is 13.8 Å². The largest absolute Gasteiger partial charge is 0.452 e. The number of hydrogen-bond acceptors (Lipinski definition) is 8. The van der Waals surface area contributed by atoms with Gasteiger partial charge in [0.2, 0.25) is 5.91 Å². The minimum Gasteiger partial charge on any atom is -0.452 e. The number of amides is 2. The Morgan fingerprint density at radius 2 is 1.81 bits per heavy atom. The van der Waals surface area contributed by atoms with E-state index in [1.165, 1.54) is 5.57 Å². The third-order valence-electron chi connectivity index (χ3n) is 7.56. The number of carbonyl (C=O) groups excluding carboxylic acids is 2. The van der Waals surface area contributed by atoms with Gasteiger partial charge in [0.1, 0.15) is 18.3 Å². The zero-order valence-corrected chi connectivity index (χ0v) is 22.9. The second kappa shape index (κ2) is 13.0. The van der Waals surface area contributed by atoms with Gasteiger partial charge in [0.25, 0.3) is 0 Å². The summed E-state index contributed by atoms with van der Waals surface area (Å²) in [6.45, 7) is 8.92. The molecule has 204 valence electrons. The van der Waals surface area contributed by atoms with Gasteiger partial charge in [-0.2, -0.15) is 0 Å². The molecule has 9 nitrogen and oxygen atoms in total. The number of allylic oxidation sites excluding steroid dienone is 1. The summed E-state index contributed by atoms with van der Waals surface area (Å²) in [7, 11) is 1.65. The number of carbonyl (C=O) groups is 2. The molecule has 1 aliphatic carbocycles. The minimum atomic E-state index is -0.539. The van der Waals surface area contributed by atoms with Crippen molar-refractivity contribution >= 4 is 31.2 Å². The maximum Gasteiger partial charge on any atom is 0.406 e. The van der Waals surface area contributed by atoms with Crippen LogP contribution in [0.3, 0.4) is 0 Å². The van der Waals surface area contributed by atoms with Crippen molar-refractivity contribution < 1.29 is 32.3 Å². The van der Waals surface area contributed by atoms with Crippen molar-refractivity contribution in [3.05, 3.63) is 11.6 Å². The number of halogens is 1. The summed E-state index contributed by atoms with van der Waals surface area (Å²) < 4.78 is 38.4. The topological polar surface area (TPSA) is 110 Å². The van der Waals surface area contributed by atoms with E-state index < -0.39 is 17.7 Å². The molecule has 0 aromatic heterocycles. The molecule has 0 aromatic rings. The van der Waals surface area contributed by atoms with Gasteiger partial charge < -0.3 is 29.5 Å². The molecule has 2 amide bonds. The highest BCUT2D eigenvalue weighted by Crippen LogP contribution is 2.55. The second-order valence-corrected chi connectivity index (χ2v) is 11.3. The summed E-state index contributed by atoms with van der Waals surface area (Å²) in [5, 5.41) is 5.88. The van der Waals surface area contributed by atoms with Crippen LogP contribution >= 0.6 is 12.3 Å². The molecule has 12 heteroatoms. The van der Waals surface area contributed by atoms with E-state index in [-0.39, 0.29) is 55.2 Å². The molecule has 3 N–H and O–H groups in total. The third-order valence-corrected chi connectivity index (χ3v) is 7.81. The second-order valence-electron chi connectivity index (χ2n) is 10.9. The first-order valence-corrected chi connectivity index (χ1v) is 13.5. The quantitative estimate of drug-likeness (QED) is 0.162. The first-order valence-electron chi connectivity index (χ1n) is 12.8. The summed E-state index contributed by atoms with van der Waals surface area (Å²) in [6, 6.07) is -0.400. The fraction of sp³-hybridized carbons (Fsp3) is 0.833. The fourth-order valence-electron chi connectivity index (χ4n) is 5.68.